The van der Waals surface area contributed by atoms with E-state index >= 15 is 0 Å². The lowest BCUT2D eigenvalue weighted by Crippen LogP contribution is -2.57. The molecule has 0 aliphatic carbocycles. The monoisotopic (exact) mass is 268 g/mol. The van der Waals surface area contributed by atoms with Crippen molar-refractivity contribution in [1.82, 2.24) is 10.2 Å². The van der Waals surface area contributed by atoms with Crippen molar-refractivity contribution in [3.63, 3.8) is 0 Å². The zero-order valence-corrected chi connectivity index (χ0v) is 13.8. The maximum atomic E-state index is 3.73. The molecule has 3 unspecified atom stereocenters. The van der Waals surface area contributed by atoms with E-state index in [0.29, 0.717) is 6.04 Å². The minimum absolute atomic E-state index is 0.710. The smallest absolute Gasteiger partial charge is 0.0221 e. The average molecular weight is 268 g/mol. The number of rotatable bonds is 9. The van der Waals surface area contributed by atoms with Gasteiger partial charge in [0.25, 0.3) is 0 Å². The standard InChI is InChI=1S/C17H36N2/c1-5-7-8-9-10-11-12-19-14-17(15(3)6-2)18-13-16(19)4/h15-18H,5-14H2,1-4H3. The highest BCUT2D eigenvalue weighted by Crippen LogP contribution is 2.16. The van der Waals surface area contributed by atoms with Crippen LogP contribution in [0.15, 0.2) is 0 Å². The summed E-state index contributed by atoms with van der Waals surface area (Å²) in [6, 6.07) is 1.43. The summed E-state index contributed by atoms with van der Waals surface area (Å²) in [5, 5.41) is 3.73. The molecule has 1 fully saturated rings. The Morgan fingerprint density at radius 2 is 1.79 bits per heavy atom. The summed E-state index contributed by atoms with van der Waals surface area (Å²) in [6.45, 7) is 13.1. The maximum Gasteiger partial charge on any atom is 0.0221 e. The summed E-state index contributed by atoms with van der Waals surface area (Å²) in [7, 11) is 0. The molecule has 2 nitrogen and oxygen atoms in total. The number of nitrogens with one attached hydrogen (secondary N) is 1. The first kappa shape index (κ1) is 17.0. The zero-order valence-electron chi connectivity index (χ0n) is 13.8. The summed E-state index contributed by atoms with van der Waals surface area (Å²) >= 11 is 0. The van der Waals surface area contributed by atoms with Crippen LogP contribution in [0.3, 0.4) is 0 Å². The van der Waals surface area contributed by atoms with Crippen molar-refractivity contribution < 1.29 is 0 Å². The van der Waals surface area contributed by atoms with Gasteiger partial charge < -0.3 is 5.32 Å². The van der Waals surface area contributed by atoms with E-state index in [1.165, 1.54) is 64.6 Å². The number of unbranched alkanes of at least 4 members (excludes halogenated alkanes) is 5. The Hall–Kier alpha value is -0.0800. The van der Waals surface area contributed by atoms with Gasteiger partial charge in [-0.05, 0) is 25.8 Å². The maximum absolute atomic E-state index is 3.73. The third kappa shape index (κ3) is 6.27. The largest absolute Gasteiger partial charge is 0.311 e. The van der Waals surface area contributed by atoms with Crippen LogP contribution in [0.25, 0.3) is 0 Å². The highest BCUT2D eigenvalue weighted by molar-refractivity contribution is 4.86. The van der Waals surface area contributed by atoms with Crippen LogP contribution in [-0.4, -0.2) is 36.6 Å². The van der Waals surface area contributed by atoms with Gasteiger partial charge in [0, 0.05) is 25.2 Å². The highest BCUT2D eigenvalue weighted by Gasteiger charge is 2.26. The molecule has 1 rings (SSSR count). The molecule has 0 amide bonds. The van der Waals surface area contributed by atoms with E-state index in [2.05, 4.69) is 37.9 Å². The van der Waals surface area contributed by atoms with Crippen molar-refractivity contribution in [3.8, 4) is 0 Å². The molecule has 0 spiro atoms. The number of hydrogen-bond acceptors (Lipinski definition) is 2. The second kappa shape index (κ2) is 9.77. The predicted octanol–water partition coefficient (Wildman–Crippen LogP) is 4.06. The van der Waals surface area contributed by atoms with Gasteiger partial charge in [-0.15, -0.1) is 0 Å². The second-order valence-electron chi connectivity index (χ2n) is 6.51. The Morgan fingerprint density at radius 3 is 2.47 bits per heavy atom. The summed E-state index contributed by atoms with van der Waals surface area (Å²) in [4.78, 5) is 2.72. The lowest BCUT2D eigenvalue weighted by atomic mass is 9.95. The second-order valence-corrected chi connectivity index (χ2v) is 6.51. The lowest BCUT2D eigenvalue weighted by molar-refractivity contribution is 0.116. The van der Waals surface area contributed by atoms with Crippen LogP contribution in [0.4, 0.5) is 0 Å². The molecule has 0 aromatic rings. The van der Waals surface area contributed by atoms with Crippen LogP contribution in [0.1, 0.15) is 72.6 Å². The quantitative estimate of drug-likeness (QED) is 0.635. The summed E-state index contributed by atoms with van der Waals surface area (Å²) in [5.41, 5.74) is 0. The average Bonchev–Trinajstić information content (AvgIpc) is 2.43. The Balaban J connectivity index is 2.19. The molecular weight excluding hydrogens is 232 g/mol. The van der Waals surface area contributed by atoms with Crippen LogP contribution in [0.2, 0.25) is 0 Å². The van der Waals surface area contributed by atoms with E-state index in [4.69, 9.17) is 0 Å². The summed E-state index contributed by atoms with van der Waals surface area (Å²) in [5.74, 6) is 0.805. The van der Waals surface area contributed by atoms with Gasteiger partial charge in [0.15, 0.2) is 0 Å². The zero-order chi connectivity index (χ0) is 14.1. The molecule has 2 heteroatoms. The Kier molecular flexibility index (Phi) is 8.72. The van der Waals surface area contributed by atoms with Gasteiger partial charge >= 0.3 is 0 Å². The van der Waals surface area contributed by atoms with E-state index < -0.39 is 0 Å². The molecule has 1 heterocycles. The molecule has 114 valence electrons. The van der Waals surface area contributed by atoms with E-state index in [1.54, 1.807) is 0 Å². The minimum Gasteiger partial charge on any atom is -0.311 e. The molecule has 0 saturated carbocycles. The van der Waals surface area contributed by atoms with Gasteiger partial charge in [0.05, 0.1) is 0 Å². The normalized spacial score (nSPS) is 26.5. The van der Waals surface area contributed by atoms with Crippen molar-refractivity contribution >= 4 is 0 Å². The number of hydrogen-bond donors (Lipinski definition) is 1. The van der Waals surface area contributed by atoms with Gasteiger partial charge in [-0.3, -0.25) is 4.90 Å². The Labute approximate surface area is 121 Å². The van der Waals surface area contributed by atoms with Crippen LogP contribution in [0, 0.1) is 5.92 Å². The van der Waals surface area contributed by atoms with Gasteiger partial charge in [-0.1, -0.05) is 59.3 Å². The number of piperazine rings is 1. The van der Waals surface area contributed by atoms with Gasteiger partial charge in [-0.25, -0.2) is 0 Å². The van der Waals surface area contributed by atoms with Crippen molar-refractivity contribution in [3.05, 3.63) is 0 Å². The minimum atomic E-state index is 0.710. The van der Waals surface area contributed by atoms with E-state index in [9.17, 15) is 0 Å². The number of nitrogens with zero attached hydrogens (tertiary/aromatic N) is 1. The first-order chi connectivity index (χ1) is 9.19. The van der Waals surface area contributed by atoms with E-state index in [-0.39, 0.29) is 0 Å². The first-order valence-corrected chi connectivity index (χ1v) is 8.66. The van der Waals surface area contributed by atoms with Gasteiger partial charge in [0.2, 0.25) is 0 Å². The van der Waals surface area contributed by atoms with Crippen LogP contribution in [-0.2, 0) is 0 Å². The molecule has 1 aliphatic rings. The molecule has 0 aromatic heterocycles. The van der Waals surface area contributed by atoms with E-state index in [0.717, 1.165) is 12.0 Å². The van der Waals surface area contributed by atoms with Crippen LogP contribution >= 0.6 is 0 Å². The van der Waals surface area contributed by atoms with Crippen LogP contribution < -0.4 is 5.32 Å². The van der Waals surface area contributed by atoms with Crippen molar-refractivity contribution in [2.24, 2.45) is 5.92 Å². The van der Waals surface area contributed by atoms with Crippen LogP contribution in [0.5, 0.6) is 0 Å². The fourth-order valence-electron chi connectivity index (χ4n) is 3.02. The molecular formula is C17H36N2. The fraction of sp³-hybridized carbons (Fsp3) is 1.00. The van der Waals surface area contributed by atoms with E-state index in [1.807, 2.05) is 0 Å². The van der Waals surface area contributed by atoms with Gasteiger partial charge in [-0.2, -0.15) is 0 Å². The fourth-order valence-corrected chi connectivity index (χ4v) is 3.02. The molecule has 0 radical (unpaired) electrons. The predicted molar refractivity (Wildman–Crippen MR) is 85.7 cm³/mol. The summed E-state index contributed by atoms with van der Waals surface area (Å²) in [6.07, 6.45) is 9.74. The molecule has 1 aliphatic heterocycles. The van der Waals surface area contributed by atoms with Gasteiger partial charge in [0.1, 0.15) is 0 Å². The molecule has 1 N–H and O–H groups in total. The topological polar surface area (TPSA) is 15.3 Å². The molecule has 0 bridgehead atoms. The van der Waals surface area contributed by atoms with Crippen molar-refractivity contribution in [1.29, 1.82) is 0 Å². The molecule has 19 heavy (non-hydrogen) atoms. The molecule has 0 aromatic carbocycles. The lowest BCUT2D eigenvalue weighted by Gasteiger charge is -2.41. The van der Waals surface area contributed by atoms with Crippen molar-refractivity contribution in [2.45, 2.75) is 84.7 Å². The summed E-state index contributed by atoms with van der Waals surface area (Å²) < 4.78 is 0. The third-order valence-electron chi connectivity index (χ3n) is 4.86. The molecule has 1 saturated heterocycles. The Bertz CT molecular complexity index is 217. The third-order valence-corrected chi connectivity index (χ3v) is 4.86. The Morgan fingerprint density at radius 1 is 1.11 bits per heavy atom. The highest BCUT2D eigenvalue weighted by atomic mass is 15.2. The van der Waals surface area contributed by atoms with Crippen molar-refractivity contribution in [2.75, 3.05) is 19.6 Å². The molecule has 3 atom stereocenters. The SMILES string of the molecule is CCCCCCCCN1CC(C(C)CC)NCC1C. The first-order valence-electron chi connectivity index (χ1n) is 8.66.